The summed E-state index contributed by atoms with van der Waals surface area (Å²) in [6, 6.07) is 0. The van der Waals surface area contributed by atoms with Crippen molar-refractivity contribution in [3.05, 3.63) is 16.0 Å². The van der Waals surface area contributed by atoms with E-state index < -0.39 is 0 Å². The van der Waals surface area contributed by atoms with Crippen molar-refractivity contribution in [2.75, 3.05) is 5.73 Å². The average Bonchev–Trinajstić information content (AvgIpc) is 2.51. The van der Waals surface area contributed by atoms with Crippen molar-refractivity contribution in [2.24, 2.45) is 11.8 Å². The fourth-order valence-corrected chi connectivity index (χ4v) is 3.62. The van der Waals surface area contributed by atoms with Gasteiger partial charge in [-0.2, -0.15) is 0 Å². The van der Waals surface area contributed by atoms with Gasteiger partial charge >= 0.3 is 0 Å². The molecule has 1 aromatic rings. The number of thiophene rings is 1. The minimum atomic E-state index is 0.0420. The van der Waals surface area contributed by atoms with Crippen LogP contribution in [0.5, 0.6) is 0 Å². The fraction of sp³-hybridized carbons (Fsp3) is 0.615. The van der Waals surface area contributed by atoms with Gasteiger partial charge in [-0.25, -0.2) is 0 Å². The van der Waals surface area contributed by atoms with Crippen molar-refractivity contribution in [1.82, 2.24) is 0 Å². The molecule has 0 radical (unpaired) electrons. The second-order valence-corrected chi connectivity index (χ2v) is 6.25. The first kappa shape index (κ1) is 11.6. The Kier molecular flexibility index (Phi) is 3.06. The van der Waals surface area contributed by atoms with E-state index in [0.29, 0.717) is 0 Å². The summed E-state index contributed by atoms with van der Waals surface area (Å²) in [6.07, 6.45) is 3.30. The molecule has 0 aliphatic heterocycles. The standard InChI is InChI=1S/C13H19NOS/c1-7(2)12(15)11-9-5-4-8(3)6-10(9)16-13(11)14/h7-8H,4-6,14H2,1-3H3. The number of nitrogens with two attached hydrogens (primary N) is 1. The molecule has 1 aliphatic rings. The molecule has 2 rings (SSSR count). The number of carbonyl (C=O) groups excluding carboxylic acids is 1. The Labute approximate surface area is 101 Å². The summed E-state index contributed by atoms with van der Waals surface area (Å²) in [5.74, 6) is 0.984. The Hall–Kier alpha value is -0.830. The number of hydrogen-bond acceptors (Lipinski definition) is 3. The number of fused-ring (bicyclic) bond motifs is 1. The van der Waals surface area contributed by atoms with Gasteiger partial charge in [-0.3, -0.25) is 4.79 Å². The van der Waals surface area contributed by atoms with Crippen LogP contribution in [0.25, 0.3) is 0 Å². The highest BCUT2D eigenvalue weighted by Crippen LogP contribution is 2.38. The SMILES string of the molecule is CC1CCc2c(sc(N)c2C(=O)C(C)C)C1. The van der Waals surface area contributed by atoms with Crippen LogP contribution >= 0.6 is 11.3 Å². The molecule has 1 heterocycles. The van der Waals surface area contributed by atoms with Gasteiger partial charge < -0.3 is 5.73 Å². The Morgan fingerprint density at radius 1 is 1.50 bits per heavy atom. The summed E-state index contributed by atoms with van der Waals surface area (Å²) < 4.78 is 0. The molecule has 0 aromatic carbocycles. The topological polar surface area (TPSA) is 43.1 Å². The van der Waals surface area contributed by atoms with E-state index in [1.54, 1.807) is 11.3 Å². The maximum atomic E-state index is 12.1. The van der Waals surface area contributed by atoms with Crippen LogP contribution in [0, 0.1) is 11.8 Å². The number of nitrogen functional groups attached to an aromatic ring is 1. The minimum absolute atomic E-state index is 0.0420. The Bertz CT molecular complexity index is 420. The van der Waals surface area contributed by atoms with E-state index in [4.69, 9.17) is 5.73 Å². The highest BCUT2D eigenvalue weighted by molar-refractivity contribution is 7.16. The molecule has 2 N–H and O–H groups in total. The molecule has 3 heteroatoms. The molecular weight excluding hydrogens is 218 g/mol. The normalized spacial score (nSPS) is 19.9. The van der Waals surface area contributed by atoms with E-state index in [0.717, 1.165) is 29.3 Å². The van der Waals surface area contributed by atoms with Gasteiger partial charge in [0.1, 0.15) is 0 Å². The van der Waals surface area contributed by atoms with E-state index in [1.807, 2.05) is 13.8 Å². The number of Topliss-reactive ketones (excluding diaryl/α,β-unsaturated/α-hetero) is 1. The molecule has 88 valence electrons. The van der Waals surface area contributed by atoms with Gasteiger partial charge in [-0.05, 0) is 30.7 Å². The smallest absolute Gasteiger partial charge is 0.168 e. The monoisotopic (exact) mass is 237 g/mol. The Morgan fingerprint density at radius 3 is 2.81 bits per heavy atom. The van der Waals surface area contributed by atoms with Gasteiger partial charge in [0.15, 0.2) is 5.78 Å². The van der Waals surface area contributed by atoms with Crippen molar-refractivity contribution in [3.8, 4) is 0 Å². The van der Waals surface area contributed by atoms with Crippen molar-refractivity contribution in [3.63, 3.8) is 0 Å². The molecule has 0 amide bonds. The fourth-order valence-electron chi connectivity index (χ4n) is 2.33. The quantitative estimate of drug-likeness (QED) is 0.802. The first-order chi connectivity index (χ1) is 7.50. The molecular formula is C13H19NOS. The first-order valence-electron chi connectivity index (χ1n) is 5.95. The predicted molar refractivity (Wildman–Crippen MR) is 69.1 cm³/mol. The van der Waals surface area contributed by atoms with E-state index in [-0.39, 0.29) is 11.7 Å². The Morgan fingerprint density at radius 2 is 2.19 bits per heavy atom. The lowest BCUT2D eigenvalue weighted by Gasteiger charge is -2.19. The lowest BCUT2D eigenvalue weighted by atomic mass is 9.86. The van der Waals surface area contributed by atoms with Crippen molar-refractivity contribution < 1.29 is 4.79 Å². The van der Waals surface area contributed by atoms with Gasteiger partial charge in [0, 0.05) is 10.8 Å². The molecule has 1 aliphatic carbocycles. The third kappa shape index (κ3) is 1.88. The summed E-state index contributed by atoms with van der Waals surface area (Å²) in [4.78, 5) is 13.5. The molecule has 0 bridgehead atoms. The van der Waals surface area contributed by atoms with Gasteiger partial charge in [-0.15, -0.1) is 11.3 Å². The van der Waals surface area contributed by atoms with E-state index in [1.165, 1.54) is 16.9 Å². The third-order valence-electron chi connectivity index (χ3n) is 3.31. The number of rotatable bonds is 2. The molecule has 0 saturated carbocycles. The van der Waals surface area contributed by atoms with Crippen molar-refractivity contribution >= 4 is 22.1 Å². The lowest BCUT2D eigenvalue weighted by molar-refractivity contribution is 0.0939. The van der Waals surface area contributed by atoms with Gasteiger partial charge in [0.25, 0.3) is 0 Å². The summed E-state index contributed by atoms with van der Waals surface area (Å²) in [5, 5.41) is 0.734. The van der Waals surface area contributed by atoms with E-state index >= 15 is 0 Å². The van der Waals surface area contributed by atoms with Gasteiger partial charge in [0.05, 0.1) is 10.6 Å². The molecule has 0 saturated heterocycles. The van der Waals surface area contributed by atoms with Crippen molar-refractivity contribution in [1.29, 1.82) is 0 Å². The molecule has 0 spiro atoms. The molecule has 2 nitrogen and oxygen atoms in total. The second kappa shape index (κ2) is 4.21. The van der Waals surface area contributed by atoms with E-state index in [2.05, 4.69) is 6.92 Å². The van der Waals surface area contributed by atoms with E-state index in [9.17, 15) is 4.79 Å². The highest BCUT2D eigenvalue weighted by Gasteiger charge is 2.27. The zero-order valence-electron chi connectivity index (χ0n) is 10.2. The molecule has 1 atom stereocenters. The van der Waals surface area contributed by atoms with Crippen molar-refractivity contribution in [2.45, 2.75) is 40.0 Å². The van der Waals surface area contributed by atoms with Crippen LogP contribution in [0.3, 0.4) is 0 Å². The van der Waals surface area contributed by atoms with Crippen LogP contribution < -0.4 is 5.73 Å². The summed E-state index contributed by atoms with van der Waals surface area (Å²) >= 11 is 1.62. The lowest BCUT2D eigenvalue weighted by Crippen LogP contribution is -2.15. The van der Waals surface area contributed by atoms with Crippen LogP contribution in [-0.2, 0) is 12.8 Å². The van der Waals surface area contributed by atoms with Crippen LogP contribution in [-0.4, -0.2) is 5.78 Å². The van der Waals surface area contributed by atoms with Crippen LogP contribution in [0.15, 0.2) is 0 Å². The number of carbonyl (C=O) groups is 1. The highest BCUT2D eigenvalue weighted by atomic mass is 32.1. The van der Waals surface area contributed by atoms with Gasteiger partial charge in [-0.1, -0.05) is 20.8 Å². The molecule has 16 heavy (non-hydrogen) atoms. The summed E-state index contributed by atoms with van der Waals surface area (Å²) in [7, 11) is 0. The first-order valence-corrected chi connectivity index (χ1v) is 6.76. The molecule has 1 aromatic heterocycles. The van der Waals surface area contributed by atoms with Crippen LogP contribution in [0.4, 0.5) is 5.00 Å². The third-order valence-corrected chi connectivity index (χ3v) is 4.39. The summed E-state index contributed by atoms with van der Waals surface area (Å²) in [5.41, 5.74) is 8.09. The average molecular weight is 237 g/mol. The Balaban J connectivity index is 2.43. The van der Waals surface area contributed by atoms with Gasteiger partial charge in [0.2, 0.25) is 0 Å². The number of ketones is 1. The number of anilines is 1. The second-order valence-electron chi connectivity index (χ2n) is 5.11. The number of hydrogen-bond donors (Lipinski definition) is 1. The minimum Gasteiger partial charge on any atom is -0.390 e. The van der Waals surface area contributed by atoms with Crippen LogP contribution in [0.1, 0.15) is 48.0 Å². The zero-order chi connectivity index (χ0) is 11.9. The maximum absolute atomic E-state index is 12.1. The maximum Gasteiger partial charge on any atom is 0.168 e. The molecule has 1 unspecified atom stereocenters. The predicted octanol–water partition coefficient (Wildman–Crippen LogP) is 3.29. The van der Waals surface area contributed by atoms with Crippen LogP contribution in [0.2, 0.25) is 0 Å². The zero-order valence-corrected chi connectivity index (χ0v) is 11.0. The molecule has 0 fully saturated rings. The summed E-state index contributed by atoms with van der Waals surface area (Å²) in [6.45, 7) is 6.15. The largest absolute Gasteiger partial charge is 0.390 e.